The molecule has 0 aliphatic carbocycles. The van der Waals surface area contributed by atoms with Gasteiger partial charge in [0.05, 0.1) is 0 Å². The van der Waals surface area contributed by atoms with Crippen LogP contribution in [0.1, 0.15) is 323 Å². The fourth-order valence-electron chi connectivity index (χ4n) is 9.54. The average Bonchev–Trinajstić information content (AvgIpc) is 3.48. The van der Waals surface area contributed by atoms with Crippen LogP contribution in [-0.2, 0) is 28.6 Å². The minimum atomic E-state index is -0.786. The fraction of sp³-hybridized carbons (Fsp3) is 0.697. The van der Waals surface area contributed by atoms with E-state index in [-0.39, 0.29) is 31.1 Å². The van der Waals surface area contributed by atoms with Gasteiger partial charge in [-0.3, -0.25) is 14.4 Å². The molecule has 0 aromatic carbocycles. The van der Waals surface area contributed by atoms with E-state index in [4.69, 9.17) is 14.2 Å². The van der Waals surface area contributed by atoms with Crippen LogP contribution >= 0.6 is 0 Å². The lowest BCUT2D eigenvalue weighted by atomic mass is 10.0. The quantitative estimate of drug-likeness (QED) is 0.0261. The number of carbonyl (C=O) groups excluding carboxylic acids is 3. The molecule has 1 atom stereocenters. The second-order valence-electron chi connectivity index (χ2n) is 22.7. The molecule has 0 aliphatic heterocycles. The summed E-state index contributed by atoms with van der Waals surface area (Å²) in [5, 5.41) is 0. The first-order valence-corrected chi connectivity index (χ1v) is 34.5. The predicted octanol–water partition coefficient (Wildman–Crippen LogP) is 23.9. The summed E-state index contributed by atoms with van der Waals surface area (Å²) < 4.78 is 16.9. The summed E-state index contributed by atoms with van der Waals surface area (Å²) in [7, 11) is 0. The smallest absolute Gasteiger partial charge is 0.306 e. The summed E-state index contributed by atoms with van der Waals surface area (Å²) in [5.41, 5.74) is 0. The second-order valence-corrected chi connectivity index (χ2v) is 22.7. The lowest BCUT2D eigenvalue weighted by Crippen LogP contribution is -2.30. The van der Waals surface area contributed by atoms with Gasteiger partial charge in [-0.15, -0.1) is 0 Å². The minimum absolute atomic E-state index is 0.0831. The number of hydrogen-bond donors (Lipinski definition) is 0. The molecule has 0 spiro atoms. The number of unbranched alkanes of at least 4 members (excludes halogenated alkanes) is 31. The van der Waals surface area contributed by atoms with Crippen LogP contribution in [0.5, 0.6) is 0 Å². The number of hydrogen-bond acceptors (Lipinski definition) is 6. The summed E-state index contributed by atoms with van der Waals surface area (Å²) in [5.74, 6) is -0.890. The molecule has 0 saturated heterocycles. The maximum atomic E-state index is 12.9. The molecule has 0 amide bonds. The molecule has 0 rings (SSSR count). The topological polar surface area (TPSA) is 78.9 Å². The van der Waals surface area contributed by atoms with Crippen molar-refractivity contribution >= 4 is 17.9 Å². The van der Waals surface area contributed by atoms with E-state index in [2.05, 4.69) is 142 Å². The van der Waals surface area contributed by atoms with E-state index in [0.717, 1.165) is 128 Å². The largest absolute Gasteiger partial charge is 0.462 e. The molecule has 0 radical (unpaired) electrons. The number of allylic oxidation sites excluding steroid dienone is 20. The summed E-state index contributed by atoms with van der Waals surface area (Å²) >= 11 is 0. The zero-order valence-electron chi connectivity index (χ0n) is 53.7. The highest BCUT2D eigenvalue weighted by molar-refractivity contribution is 5.71. The van der Waals surface area contributed by atoms with Crippen molar-refractivity contribution in [2.45, 2.75) is 329 Å². The molecule has 6 heteroatoms. The Labute approximate surface area is 507 Å². The van der Waals surface area contributed by atoms with Crippen LogP contribution in [-0.4, -0.2) is 37.2 Å². The molecule has 0 saturated carbocycles. The molecule has 6 nitrogen and oxygen atoms in total. The molecule has 0 aromatic rings. The van der Waals surface area contributed by atoms with E-state index < -0.39 is 6.10 Å². The van der Waals surface area contributed by atoms with Crippen LogP contribution in [0.3, 0.4) is 0 Å². The van der Waals surface area contributed by atoms with Crippen molar-refractivity contribution in [3.05, 3.63) is 122 Å². The van der Waals surface area contributed by atoms with E-state index in [0.29, 0.717) is 19.3 Å². The summed E-state index contributed by atoms with van der Waals surface area (Å²) in [6, 6.07) is 0. The zero-order valence-corrected chi connectivity index (χ0v) is 53.7. The van der Waals surface area contributed by atoms with Gasteiger partial charge in [-0.05, 0) is 109 Å². The van der Waals surface area contributed by atoms with Crippen molar-refractivity contribution in [2.75, 3.05) is 13.2 Å². The molecular weight excluding hydrogens is 1010 g/mol. The Morgan fingerprint density at radius 3 is 0.780 bits per heavy atom. The molecule has 468 valence electrons. The van der Waals surface area contributed by atoms with Gasteiger partial charge in [-0.25, -0.2) is 0 Å². The van der Waals surface area contributed by atoms with E-state index in [1.54, 1.807) is 0 Å². The van der Waals surface area contributed by atoms with Gasteiger partial charge in [-0.1, -0.05) is 316 Å². The monoisotopic (exact) mass is 1140 g/mol. The van der Waals surface area contributed by atoms with E-state index in [1.807, 2.05) is 0 Å². The SMILES string of the molecule is CC/C=C\C/C=C\C/C=C\C/C=C\C/C=C\C/C=C\C/C=C\C/C=C\CCCCCCCCCCCCC(=O)OCC(COC(=O)CCCCCCC/C=C\C/C=C\CCCC)OC(=O)CCCCCCCCCCCCCCCCC. The van der Waals surface area contributed by atoms with Crippen LogP contribution in [0, 0.1) is 0 Å². The van der Waals surface area contributed by atoms with Gasteiger partial charge in [0.1, 0.15) is 13.2 Å². The van der Waals surface area contributed by atoms with E-state index >= 15 is 0 Å². The molecule has 0 aromatic heterocycles. The maximum absolute atomic E-state index is 12.9. The number of rotatable bonds is 62. The average molecular weight is 1140 g/mol. The van der Waals surface area contributed by atoms with Crippen LogP contribution in [0.25, 0.3) is 0 Å². The maximum Gasteiger partial charge on any atom is 0.306 e. The van der Waals surface area contributed by atoms with Gasteiger partial charge < -0.3 is 14.2 Å². The molecular formula is C76H128O6. The van der Waals surface area contributed by atoms with Gasteiger partial charge in [0.2, 0.25) is 0 Å². The summed E-state index contributed by atoms with van der Waals surface area (Å²) in [6.07, 6.45) is 96.5. The van der Waals surface area contributed by atoms with Crippen molar-refractivity contribution in [3.63, 3.8) is 0 Å². The van der Waals surface area contributed by atoms with Gasteiger partial charge in [0.25, 0.3) is 0 Å². The van der Waals surface area contributed by atoms with E-state index in [1.165, 1.54) is 154 Å². The lowest BCUT2D eigenvalue weighted by Gasteiger charge is -2.18. The number of esters is 3. The van der Waals surface area contributed by atoms with Crippen molar-refractivity contribution < 1.29 is 28.6 Å². The first-order valence-electron chi connectivity index (χ1n) is 34.5. The summed E-state index contributed by atoms with van der Waals surface area (Å²) in [4.78, 5) is 38.3. The molecule has 0 bridgehead atoms. The van der Waals surface area contributed by atoms with Crippen molar-refractivity contribution in [1.29, 1.82) is 0 Å². The van der Waals surface area contributed by atoms with Gasteiger partial charge >= 0.3 is 17.9 Å². The van der Waals surface area contributed by atoms with Crippen LogP contribution in [0.15, 0.2) is 122 Å². The Bertz CT molecular complexity index is 1690. The second kappa shape index (κ2) is 69.3. The molecule has 0 N–H and O–H groups in total. The van der Waals surface area contributed by atoms with Crippen molar-refractivity contribution in [3.8, 4) is 0 Å². The first kappa shape index (κ1) is 77.8. The predicted molar refractivity (Wildman–Crippen MR) is 357 cm³/mol. The normalized spacial score (nSPS) is 12.9. The Morgan fingerprint density at radius 2 is 0.488 bits per heavy atom. The molecule has 1 unspecified atom stereocenters. The van der Waals surface area contributed by atoms with Crippen LogP contribution in [0.4, 0.5) is 0 Å². The molecule has 0 aliphatic rings. The van der Waals surface area contributed by atoms with Gasteiger partial charge in [-0.2, -0.15) is 0 Å². The van der Waals surface area contributed by atoms with Gasteiger partial charge in [0.15, 0.2) is 6.10 Å². The van der Waals surface area contributed by atoms with Crippen molar-refractivity contribution in [2.24, 2.45) is 0 Å². The Morgan fingerprint density at radius 1 is 0.256 bits per heavy atom. The number of carbonyl (C=O) groups is 3. The van der Waals surface area contributed by atoms with Crippen LogP contribution < -0.4 is 0 Å². The highest BCUT2D eigenvalue weighted by Crippen LogP contribution is 2.17. The fourth-order valence-corrected chi connectivity index (χ4v) is 9.54. The molecule has 82 heavy (non-hydrogen) atoms. The third-order valence-electron chi connectivity index (χ3n) is 14.7. The molecule has 0 heterocycles. The Kier molecular flexibility index (Phi) is 65.8. The Hall–Kier alpha value is -4.19. The van der Waals surface area contributed by atoms with Crippen molar-refractivity contribution in [1.82, 2.24) is 0 Å². The highest BCUT2D eigenvalue weighted by atomic mass is 16.6. The highest BCUT2D eigenvalue weighted by Gasteiger charge is 2.19. The third kappa shape index (κ3) is 66.6. The first-order chi connectivity index (χ1) is 40.5. The zero-order chi connectivity index (χ0) is 59.2. The standard InChI is InChI=1S/C76H128O6/c1-4-7-10-13-16-19-22-25-28-29-30-31-32-33-34-35-36-37-38-39-40-41-42-43-44-45-46-47-49-51-54-57-60-63-66-69-75(78)81-72-73(71-80-74(77)68-65-62-59-56-53-50-27-24-21-18-15-12-9-6-3)82-76(79)70-67-64-61-58-55-52-48-26-23-20-17-14-11-8-5-2/h7,10,15-16,18-19,24-25,27-28,30-31,33-34,36-37,39-40,42-43,73H,4-6,8-9,11-14,17,20-23,26,29,32,35,38,41,44-72H2,1-3H3/b10-7-,18-15-,19-16-,27-24-,28-25-,31-30-,34-33-,37-36-,40-39-,43-42-. The van der Waals surface area contributed by atoms with Crippen LogP contribution in [0.2, 0.25) is 0 Å². The number of ether oxygens (including phenoxy) is 3. The van der Waals surface area contributed by atoms with Gasteiger partial charge in [0, 0.05) is 19.3 Å². The molecule has 0 fully saturated rings. The Balaban J connectivity index is 4.23. The van der Waals surface area contributed by atoms with E-state index in [9.17, 15) is 14.4 Å². The third-order valence-corrected chi connectivity index (χ3v) is 14.7. The minimum Gasteiger partial charge on any atom is -0.462 e. The summed E-state index contributed by atoms with van der Waals surface area (Å²) in [6.45, 7) is 6.50. The lowest BCUT2D eigenvalue weighted by molar-refractivity contribution is -0.167.